The highest BCUT2D eigenvalue weighted by Crippen LogP contribution is 2.21. The molecule has 0 aliphatic rings. The predicted octanol–water partition coefficient (Wildman–Crippen LogP) is 2.43. The standard InChI is InChI=1S/C11H14N4S/c1-2-5-13-11(12)15-8-3-4-9-10(6-8)16-7-14-9/h3-4,6-7H,2,5H2,1H3,(H3,12,13,15). The number of aromatic nitrogens is 1. The second kappa shape index (κ2) is 4.94. The number of nitrogens with one attached hydrogen (secondary N) is 1. The first-order valence-electron chi connectivity index (χ1n) is 5.20. The Kier molecular flexibility index (Phi) is 3.36. The van der Waals surface area contributed by atoms with E-state index in [1.165, 1.54) is 0 Å². The number of hydrogen-bond acceptors (Lipinski definition) is 3. The quantitative estimate of drug-likeness (QED) is 0.633. The van der Waals surface area contributed by atoms with Crippen LogP contribution in [0.4, 0.5) is 5.69 Å². The van der Waals surface area contributed by atoms with Gasteiger partial charge in [0.05, 0.1) is 15.7 Å². The molecule has 0 fully saturated rings. The van der Waals surface area contributed by atoms with E-state index < -0.39 is 0 Å². The van der Waals surface area contributed by atoms with Crippen LogP contribution in [0.5, 0.6) is 0 Å². The van der Waals surface area contributed by atoms with E-state index in [0.29, 0.717) is 5.96 Å². The summed E-state index contributed by atoms with van der Waals surface area (Å²) in [5.41, 5.74) is 9.54. The maximum atomic E-state index is 5.74. The summed E-state index contributed by atoms with van der Waals surface area (Å²) in [5, 5.41) is 3.07. The van der Waals surface area contributed by atoms with Gasteiger partial charge in [0.15, 0.2) is 5.96 Å². The van der Waals surface area contributed by atoms with E-state index in [9.17, 15) is 0 Å². The van der Waals surface area contributed by atoms with Gasteiger partial charge in [-0.15, -0.1) is 11.3 Å². The van der Waals surface area contributed by atoms with Crippen LogP contribution < -0.4 is 11.1 Å². The van der Waals surface area contributed by atoms with E-state index in [0.717, 1.165) is 28.9 Å². The SMILES string of the molecule is CCCN=C(N)Nc1ccc2ncsc2c1. The molecule has 0 unspecified atom stereocenters. The molecule has 2 rings (SSSR count). The number of benzene rings is 1. The highest BCUT2D eigenvalue weighted by atomic mass is 32.1. The molecule has 0 aliphatic heterocycles. The Morgan fingerprint density at radius 1 is 1.56 bits per heavy atom. The van der Waals surface area contributed by atoms with Crippen molar-refractivity contribution < 1.29 is 0 Å². The van der Waals surface area contributed by atoms with Gasteiger partial charge in [-0.05, 0) is 24.6 Å². The van der Waals surface area contributed by atoms with E-state index in [1.54, 1.807) is 11.3 Å². The van der Waals surface area contributed by atoms with Gasteiger partial charge < -0.3 is 11.1 Å². The molecule has 0 amide bonds. The molecule has 84 valence electrons. The van der Waals surface area contributed by atoms with Crippen molar-refractivity contribution in [1.82, 2.24) is 4.98 Å². The third-order valence-electron chi connectivity index (χ3n) is 2.11. The van der Waals surface area contributed by atoms with Crippen molar-refractivity contribution in [1.29, 1.82) is 0 Å². The largest absolute Gasteiger partial charge is 0.370 e. The lowest BCUT2D eigenvalue weighted by atomic mass is 10.3. The highest BCUT2D eigenvalue weighted by Gasteiger charge is 1.99. The zero-order valence-electron chi connectivity index (χ0n) is 9.10. The Hall–Kier alpha value is -1.62. The molecule has 16 heavy (non-hydrogen) atoms. The number of nitrogens with two attached hydrogens (primary N) is 1. The monoisotopic (exact) mass is 234 g/mol. The fourth-order valence-corrected chi connectivity index (χ4v) is 2.07. The van der Waals surface area contributed by atoms with Crippen molar-refractivity contribution in [3.63, 3.8) is 0 Å². The van der Waals surface area contributed by atoms with Crippen molar-refractivity contribution in [2.45, 2.75) is 13.3 Å². The van der Waals surface area contributed by atoms with Crippen molar-refractivity contribution >= 4 is 33.2 Å². The van der Waals surface area contributed by atoms with Gasteiger partial charge in [-0.2, -0.15) is 0 Å². The third-order valence-corrected chi connectivity index (χ3v) is 2.90. The molecular weight excluding hydrogens is 220 g/mol. The number of nitrogens with zero attached hydrogens (tertiary/aromatic N) is 2. The molecule has 0 aliphatic carbocycles. The van der Waals surface area contributed by atoms with Gasteiger partial charge in [-0.3, -0.25) is 4.99 Å². The molecule has 1 aromatic heterocycles. The second-order valence-corrected chi connectivity index (χ2v) is 4.31. The Labute approximate surface area is 98.2 Å². The van der Waals surface area contributed by atoms with Crippen LogP contribution in [0.25, 0.3) is 10.2 Å². The number of anilines is 1. The molecule has 5 heteroatoms. The lowest BCUT2D eigenvalue weighted by molar-refractivity contribution is 0.929. The highest BCUT2D eigenvalue weighted by molar-refractivity contribution is 7.16. The molecule has 2 aromatic rings. The average molecular weight is 234 g/mol. The van der Waals surface area contributed by atoms with E-state index in [1.807, 2.05) is 23.7 Å². The minimum absolute atomic E-state index is 0.464. The van der Waals surface area contributed by atoms with Gasteiger partial charge in [0.1, 0.15) is 0 Å². The van der Waals surface area contributed by atoms with Gasteiger partial charge >= 0.3 is 0 Å². The number of hydrogen-bond donors (Lipinski definition) is 2. The lowest BCUT2D eigenvalue weighted by Gasteiger charge is -2.04. The summed E-state index contributed by atoms with van der Waals surface area (Å²) >= 11 is 1.61. The molecule has 0 saturated carbocycles. The Morgan fingerprint density at radius 2 is 2.44 bits per heavy atom. The minimum Gasteiger partial charge on any atom is -0.370 e. The van der Waals surface area contributed by atoms with Crippen LogP contribution in [0.2, 0.25) is 0 Å². The van der Waals surface area contributed by atoms with Gasteiger partial charge in [0, 0.05) is 12.2 Å². The smallest absolute Gasteiger partial charge is 0.193 e. The third kappa shape index (κ3) is 2.49. The molecule has 4 nitrogen and oxygen atoms in total. The molecule has 0 spiro atoms. The van der Waals surface area contributed by atoms with Crippen LogP contribution in [-0.4, -0.2) is 17.5 Å². The van der Waals surface area contributed by atoms with Crippen LogP contribution in [-0.2, 0) is 0 Å². The zero-order valence-corrected chi connectivity index (χ0v) is 9.92. The fraction of sp³-hybridized carbons (Fsp3) is 0.273. The van der Waals surface area contributed by atoms with Gasteiger partial charge in [0.2, 0.25) is 0 Å². The first-order valence-corrected chi connectivity index (χ1v) is 6.07. The molecular formula is C11H14N4S. The summed E-state index contributed by atoms with van der Waals surface area (Å²) in [6.07, 6.45) is 0.996. The number of aliphatic imine (C=N–C) groups is 1. The summed E-state index contributed by atoms with van der Waals surface area (Å²) in [6.45, 7) is 2.82. The summed E-state index contributed by atoms with van der Waals surface area (Å²) in [5.74, 6) is 0.464. The number of thiazole rings is 1. The maximum absolute atomic E-state index is 5.74. The van der Waals surface area contributed by atoms with E-state index >= 15 is 0 Å². The van der Waals surface area contributed by atoms with Crippen LogP contribution >= 0.6 is 11.3 Å². The summed E-state index contributed by atoms with van der Waals surface area (Å²) in [7, 11) is 0. The van der Waals surface area contributed by atoms with Crippen molar-refractivity contribution in [2.75, 3.05) is 11.9 Å². The number of rotatable bonds is 3. The minimum atomic E-state index is 0.464. The second-order valence-electron chi connectivity index (χ2n) is 3.43. The normalized spacial score (nSPS) is 11.9. The molecule has 0 bridgehead atoms. The Morgan fingerprint density at radius 3 is 3.25 bits per heavy atom. The zero-order chi connectivity index (χ0) is 11.4. The fourth-order valence-electron chi connectivity index (χ4n) is 1.35. The molecule has 0 atom stereocenters. The first-order chi connectivity index (χ1) is 7.79. The predicted molar refractivity (Wildman–Crippen MR) is 70.0 cm³/mol. The Bertz CT molecular complexity index is 503. The molecule has 3 N–H and O–H groups in total. The lowest BCUT2D eigenvalue weighted by Crippen LogP contribution is -2.22. The molecule has 1 heterocycles. The van der Waals surface area contributed by atoms with Gasteiger partial charge in [0.25, 0.3) is 0 Å². The van der Waals surface area contributed by atoms with Gasteiger partial charge in [-0.25, -0.2) is 4.98 Å². The van der Waals surface area contributed by atoms with Crippen molar-refractivity contribution in [3.8, 4) is 0 Å². The van der Waals surface area contributed by atoms with Crippen LogP contribution in [0.15, 0.2) is 28.7 Å². The summed E-state index contributed by atoms with van der Waals surface area (Å²) < 4.78 is 1.15. The Balaban J connectivity index is 2.14. The van der Waals surface area contributed by atoms with Crippen LogP contribution in [0.1, 0.15) is 13.3 Å². The van der Waals surface area contributed by atoms with E-state index in [-0.39, 0.29) is 0 Å². The van der Waals surface area contributed by atoms with Crippen molar-refractivity contribution in [3.05, 3.63) is 23.7 Å². The summed E-state index contributed by atoms with van der Waals surface area (Å²) in [6, 6.07) is 5.96. The van der Waals surface area contributed by atoms with E-state index in [4.69, 9.17) is 5.73 Å². The van der Waals surface area contributed by atoms with Gasteiger partial charge in [-0.1, -0.05) is 6.92 Å². The maximum Gasteiger partial charge on any atom is 0.193 e. The molecule has 0 saturated heterocycles. The van der Waals surface area contributed by atoms with E-state index in [2.05, 4.69) is 22.2 Å². The number of fused-ring (bicyclic) bond motifs is 1. The molecule has 1 aromatic carbocycles. The molecule has 0 radical (unpaired) electrons. The van der Waals surface area contributed by atoms with Crippen LogP contribution in [0, 0.1) is 0 Å². The summed E-state index contributed by atoms with van der Waals surface area (Å²) in [4.78, 5) is 8.39. The average Bonchev–Trinajstić information content (AvgIpc) is 2.73. The van der Waals surface area contributed by atoms with Crippen LogP contribution in [0.3, 0.4) is 0 Å². The number of guanidine groups is 1. The van der Waals surface area contributed by atoms with Crippen molar-refractivity contribution in [2.24, 2.45) is 10.7 Å². The topological polar surface area (TPSA) is 63.3 Å². The first kappa shape index (κ1) is 10.9.